The third-order valence-electron chi connectivity index (χ3n) is 3.12. The zero-order valence-corrected chi connectivity index (χ0v) is 10.2. The molecule has 1 unspecified atom stereocenters. The minimum atomic E-state index is -0.425. The highest BCUT2D eigenvalue weighted by Gasteiger charge is 2.24. The van der Waals surface area contributed by atoms with Gasteiger partial charge in [-0.2, -0.15) is 0 Å². The Kier molecular flexibility index (Phi) is 3.02. The van der Waals surface area contributed by atoms with Gasteiger partial charge in [0.25, 0.3) is 5.91 Å². The average molecular weight is 234 g/mol. The van der Waals surface area contributed by atoms with Crippen molar-refractivity contribution in [3.63, 3.8) is 0 Å². The van der Waals surface area contributed by atoms with E-state index in [2.05, 4.69) is 9.88 Å². The number of rotatable bonds is 2. The van der Waals surface area contributed by atoms with E-state index >= 15 is 0 Å². The second-order valence-corrected chi connectivity index (χ2v) is 4.60. The molecule has 1 amide bonds. The molecule has 5 heteroatoms. The molecule has 5 nitrogen and oxygen atoms in total. The lowest BCUT2D eigenvalue weighted by Gasteiger charge is -2.22. The highest BCUT2D eigenvalue weighted by Crippen LogP contribution is 2.26. The average Bonchev–Trinajstić information content (AvgIpc) is 2.62. The van der Waals surface area contributed by atoms with Crippen molar-refractivity contribution in [1.82, 2.24) is 4.98 Å². The first-order chi connectivity index (χ1) is 7.99. The van der Waals surface area contributed by atoms with E-state index in [0.29, 0.717) is 11.3 Å². The van der Waals surface area contributed by atoms with Crippen LogP contribution in [0.4, 0.5) is 5.69 Å². The molecule has 2 rings (SSSR count). The second kappa shape index (κ2) is 4.33. The van der Waals surface area contributed by atoms with E-state index in [1.54, 1.807) is 0 Å². The van der Waals surface area contributed by atoms with Crippen LogP contribution in [0.2, 0.25) is 0 Å². The van der Waals surface area contributed by atoms with Crippen molar-refractivity contribution in [3.05, 3.63) is 23.0 Å². The van der Waals surface area contributed by atoms with Crippen LogP contribution in [-0.2, 0) is 0 Å². The van der Waals surface area contributed by atoms with Crippen molar-refractivity contribution < 1.29 is 4.79 Å². The maximum absolute atomic E-state index is 11.5. The molecule has 2 heterocycles. The van der Waals surface area contributed by atoms with E-state index < -0.39 is 5.91 Å². The van der Waals surface area contributed by atoms with Crippen LogP contribution in [0, 0.1) is 13.8 Å². The van der Waals surface area contributed by atoms with Gasteiger partial charge in [-0.1, -0.05) is 0 Å². The van der Waals surface area contributed by atoms with Crippen molar-refractivity contribution in [2.45, 2.75) is 26.3 Å². The lowest BCUT2D eigenvalue weighted by Crippen LogP contribution is -2.29. The summed E-state index contributed by atoms with van der Waals surface area (Å²) in [6, 6.07) is 2.08. The number of aromatic nitrogens is 1. The topological polar surface area (TPSA) is 85.2 Å². The number of hydrogen-bond acceptors (Lipinski definition) is 4. The molecule has 1 atom stereocenters. The van der Waals surface area contributed by atoms with E-state index in [1.807, 2.05) is 19.9 Å². The van der Waals surface area contributed by atoms with Crippen LogP contribution in [0.3, 0.4) is 0 Å². The molecule has 17 heavy (non-hydrogen) atoms. The van der Waals surface area contributed by atoms with Gasteiger partial charge in [0.05, 0.1) is 16.9 Å². The summed E-state index contributed by atoms with van der Waals surface area (Å²) in [7, 11) is 0. The molecule has 92 valence electrons. The Balaban J connectivity index is 2.47. The second-order valence-electron chi connectivity index (χ2n) is 4.60. The van der Waals surface area contributed by atoms with Crippen LogP contribution in [0.25, 0.3) is 0 Å². The molecule has 1 aromatic heterocycles. The molecule has 0 aliphatic carbocycles. The summed E-state index contributed by atoms with van der Waals surface area (Å²) in [4.78, 5) is 17.9. The number of amides is 1. The number of aryl methyl sites for hydroxylation is 2. The van der Waals surface area contributed by atoms with Crippen LogP contribution in [0.15, 0.2) is 6.07 Å². The Morgan fingerprint density at radius 2 is 2.24 bits per heavy atom. The summed E-state index contributed by atoms with van der Waals surface area (Å²) in [5.74, 6) is -0.425. The van der Waals surface area contributed by atoms with Gasteiger partial charge in [0, 0.05) is 24.8 Å². The number of carbonyl (C=O) groups excluding carboxylic acids is 1. The monoisotopic (exact) mass is 234 g/mol. The normalized spacial score (nSPS) is 19.7. The zero-order chi connectivity index (χ0) is 12.6. The fourth-order valence-electron chi connectivity index (χ4n) is 2.37. The number of nitrogens with zero attached hydrogens (tertiary/aromatic N) is 2. The number of anilines is 1. The Morgan fingerprint density at radius 1 is 1.53 bits per heavy atom. The molecule has 1 fully saturated rings. The molecule has 4 N–H and O–H groups in total. The highest BCUT2D eigenvalue weighted by atomic mass is 16.1. The van der Waals surface area contributed by atoms with Gasteiger partial charge in [0.2, 0.25) is 0 Å². The Morgan fingerprint density at radius 3 is 2.76 bits per heavy atom. The van der Waals surface area contributed by atoms with Gasteiger partial charge in [0.1, 0.15) is 0 Å². The molecule has 0 saturated carbocycles. The van der Waals surface area contributed by atoms with Crippen LogP contribution >= 0.6 is 0 Å². The molecule has 1 aliphatic heterocycles. The van der Waals surface area contributed by atoms with E-state index in [1.165, 1.54) is 0 Å². The summed E-state index contributed by atoms with van der Waals surface area (Å²) >= 11 is 0. The largest absolute Gasteiger partial charge is 0.369 e. The van der Waals surface area contributed by atoms with E-state index in [4.69, 9.17) is 11.5 Å². The number of carbonyl (C=O) groups is 1. The Hall–Kier alpha value is -1.62. The third-order valence-corrected chi connectivity index (χ3v) is 3.12. The van der Waals surface area contributed by atoms with Crippen LogP contribution in [0.5, 0.6) is 0 Å². The molecule has 0 aromatic carbocycles. The van der Waals surface area contributed by atoms with Gasteiger partial charge in [-0.05, 0) is 26.3 Å². The van der Waals surface area contributed by atoms with Crippen LogP contribution in [0.1, 0.15) is 28.2 Å². The van der Waals surface area contributed by atoms with Crippen LogP contribution in [-0.4, -0.2) is 30.0 Å². The van der Waals surface area contributed by atoms with Crippen molar-refractivity contribution >= 4 is 11.6 Å². The number of primary amides is 1. The molecular weight excluding hydrogens is 216 g/mol. The van der Waals surface area contributed by atoms with E-state index in [9.17, 15) is 4.79 Å². The molecule has 0 radical (unpaired) electrons. The van der Waals surface area contributed by atoms with Gasteiger partial charge < -0.3 is 16.4 Å². The van der Waals surface area contributed by atoms with E-state index in [0.717, 1.165) is 30.9 Å². The summed E-state index contributed by atoms with van der Waals surface area (Å²) in [6.07, 6.45) is 0.943. The quantitative estimate of drug-likeness (QED) is 0.772. The van der Waals surface area contributed by atoms with Crippen molar-refractivity contribution in [3.8, 4) is 0 Å². The summed E-state index contributed by atoms with van der Waals surface area (Å²) in [5, 5.41) is 0. The van der Waals surface area contributed by atoms with Gasteiger partial charge in [-0.25, -0.2) is 0 Å². The van der Waals surface area contributed by atoms with Gasteiger partial charge in [-0.3, -0.25) is 9.78 Å². The maximum atomic E-state index is 11.5. The first-order valence-corrected chi connectivity index (χ1v) is 5.77. The van der Waals surface area contributed by atoms with Gasteiger partial charge in [0.15, 0.2) is 0 Å². The predicted octanol–water partition coefficient (Wildman–Crippen LogP) is 0.335. The Labute approximate surface area is 101 Å². The number of hydrogen-bond donors (Lipinski definition) is 2. The predicted molar refractivity (Wildman–Crippen MR) is 67.0 cm³/mol. The fourth-order valence-corrected chi connectivity index (χ4v) is 2.37. The lowest BCUT2D eigenvalue weighted by molar-refractivity contribution is 0.1000. The minimum absolute atomic E-state index is 0.171. The number of nitrogens with two attached hydrogens (primary N) is 2. The molecule has 0 spiro atoms. The summed E-state index contributed by atoms with van der Waals surface area (Å²) in [5.41, 5.74) is 14.3. The van der Waals surface area contributed by atoms with Gasteiger partial charge in [-0.15, -0.1) is 0 Å². The molecule has 1 saturated heterocycles. The van der Waals surface area contributed by atoms with Gasteiger partial charge >= 0.3 is 0 Å². The minimum Gasteiger partial charge on any atom is -0.369 e. The third kappa shape index (κ3) is 2.24. The first-order valence-electron chi connectivity index (χ1n) is 5.77. The van der Waals surface area contributed by atoms with E-state index in [-0.39, 0.29) is 6.04 Å². The van der Waals surface area contributed by atoms with Crippen molar-refractivity contribution in [1.29, 1.82) is 0 Å². The smallest absolute Gasteiger partial charge is 0.252 e. The molecule has 1 aromatic rings. The highest BCUT2D eigenvalue weighted by molar-refractivity contribution is 5.99. The standard InChI is InChI=1S/C12H18N4O/c1-7-5-10(16-4-3-9(13)6-16)11(12(14)17)8(2)15-7/h5,9H,3-4,6,13H2,1-2H3,(H2,14,17). The lowest BCUT2D eigenvalue weighted by atomic mass is 10.1. The first kappa shape index (κ1) is 11.9. The molecule has 0 bridgehead atoms. The fraction of sp³-hybridized carbons (Fsp3) is 0.500. The SMILES string of the molecule is Cc1cc(N2CCC(N)C2)c(C(N)=O)c(C)n1. The summed E-state index contributed by atoms with van der Waals surface area (Å²) in [6.45, 7) is 5.36. The maximum Gasteiger partial charge on any atom is 0.252 e. The summed E-state index contributed by atoms with van der Waals surface area (Å²) < 4.78 is 0. The van der Waals surface area contributed by atoms with Crippen molar-refractivity contribution in [2.75, 3.05) is 18.0 Å². The number of pyridine rings is 1. The zero-order valence-electron chi connectivity index (χ0n) is 10.2. The van der Waals surface area contributed by atoms with Crippen molar-refractivity contribution in [2.24, 2.45) is 11.5 Å². The molecular formula is C12H18N4O. The molecule has 1 aliphatic rings. The van der Waals surface area contributed by atoms with Crippen LogP contribution < -0.4 is 16.4 Å². The Bertz CT molecular complexity index is 458.